The van der Waals surface area contributed by atoms with Gasteiger partial charge in [0.15, 0.2) is 9.84 Å². The molecule has 0 fully saturated rings. The minimum Gasteiger partial charge on any atom is -0.481 e. The van der Waals surface area contributed by atoms with E-state index in [1.807, 2.05) is 0 Å². The number of aliphatic carboxylic acids is 1. The van der Waals surface area contributed by atoms with Gasteiger partial charge in [-0.25, -0.2) is 8.42 Å². The quantitative estimate of drug-likeness (QED) is 0.298. The van der Waals surface area contributed by atoms with Crippen LogP contribution in [0.4, 0.5) is 5.69 Å². The minimum atomic E-state index is -3.81. The number of anilines is 1. The van der Waals surface area contributed by atoms with E-state index in [-0.39, 0.29) is 23.0 Å². The molecule has 3 aromatic carbocycles. The number of carbonyl (C=O) groups excluding carboxylic acids is 1. The Bertz CT molecular complexity index is 1470. The number of amides is 1. The number of hydrogen-bond donors (Lipinski definition) is 2. The van der Waals surface area contributed by atoms with Gasteiger partial charge in [0.05, 0.1) is 17.1 Å². The second-order valence-electron chi connectivity index (χ2n) is 8.26. The monoisotopic (exact) mass is 516 g/mol. The van der Waals surface area contributed by atoms with Gasteiger partial charge in [-0.15, -0.1) is 0 Å². The van der Waals surface area contributed by atoms with Gasteiger partial charge in [-0.3, -0.25) is 14.6 Å². The SMILES string of the molecule is O=C(O)CC(CS(=O)(=O)c1cccc(Oc2ccc(NC(=O)c3ccccn3)cc2)c1)c1ccccc1. The molecule has 1 heterocycles. The van der Waals surface area contributed by atoms with Crippen molar-refractivity contribution < 1.29 is 27.9 Å². The third kappa shape index (κ3) is 7.02. The Hall–Kier alpha value is -4.50. The molecule has 8 nitrogen and oxygen atoms in total. The van der Waals surface area contributed by atoms with Crippen LogP contribution in [-0.2, 0) is 14.6 Å². The van der Waals surface area contributed by atoms with Crippen molar-refractivity contribution in [2.24, 2.45) is 0 Å². The Balaban J connectivity index is 1.46. The summed E-state index contributed by atoms with van der Waals surface area (Å²) in [5.74, 6) is -1.71. The highest BCUT2D eigenvalue weighted by Gasteiger charge is 2.25. The molecule has 4 aromatic rings. The molecule has 0 radical (unpaired) electrons. The number of hydrogen-bond acceptors (Lipinski definition) is 6. The number of benzene rings is 3. The van der Waals surface area contributed by atoms with E-state index in [2.05, 4.69) is 10.3 Å². The fourth-order valence-corrected chi connectivity index (χ4v) is 5.35. The second-order valence-corrected chi connectivity index (χ2v) is 10.3. The zero-order valence-electron chi connectivity index (χ0n) is 19.7. The van der Waals surface area contributed by atoms with Gasteiger partial charge in [0, 0.05) is 17.8 Å². The van der Waals surface area contributed by atoms with Crippen LogP contribution in [0.1, 0.15) is 28.4 Å². The number of carboxylic acids is 1. The minimum absolute atomic E-state index is 0.0376. The fraction of sp³-hybridized carbons (Fsp3) is 0.107. The number of pyridine rings is 1. The standard InChI is InChI=1S/C28H24N2O6S/c31-27(32)17-21(20-7-2-1-3-8-20)19-37(34,35)25-10-6-9-24(18-25)36-23-14-12-22(13-15-23)30-28(33)26-11-4-5-16-29-26/h1-16,18,21H,17,19H2,(H,30,33)(H,31,32). The van der Waals surface area contributed by atoms with Crippen molar-refractivity contribution in [3.05, 3.63) is 115 Å². The second kappa shape index (κ2) is 11.5. The van der Waals surface area contributed by atoms with Crippen molar-refractivity contribution >= 4 is 27.4 Å². The van der Waals surface area contributed by atoms with Gasteiger partial charge < -0.3 is 15.2 Å². The summed E-state index contributed by atoms with van der Waals surface area (Å²) < 4.78 is 32.2. The van der Waals surface area contributed by atoms with Crippen LogP contribution in [0.5, 0.6) is 11.5 Å². The van der Waals surface area contributed by atoms with E-state index < -0.39 is 21.7 Å². The number of nitrogens with zero attached hydrogens (tertiary/aromatic N) is 1. The molecule has 4 rings (SSSR count). The molecule has 0 aliphatic rings. The summed E-state index contributed by atoms with van der Waals surface area (Å²) in [6.45, 7) is 0. The summed E-state index contributed by atoms with van der Waals surface area (Å²) in [6, 6.07) is 26.5. The van der Waals surface area contributed by atoms with E-state index in [0.29, 0.717) is 28.4 Å². The molecular formula is C28H24N2O6S. The molecule has 1 aromatic heterocycles. The van der Waals surface area contributed by atoms with Gasteiger partial charge in [-0.1, -0.05) is 42.5 Å². The smallest absolute Gasteiger partial charge is 0.303 e. The van der Waals surface area contributed by atoms with E-state index >= 15 is 0 Å². The maximum absolute atomic E-state index is 13.2. The van der Waals surface area contributed by atoms with Crippen molar-refractivity contribution in [1.82, 2.24) is 4.98 Å². The molecule has 0 spiro atoms. The lowest BCUT2D eigenvalue weighted by atomic mass is 9.98. The Labute approximate surface area is 214 Å². The fourth-order valence-electron chi connectivity index (χ4n) is 3.74. The average Bonchev–Trinajstić information content (AvgIpc) is 2.90. The molecule has 0 aliphatic carbocycles. The van der Waals surface area contributed by atoms with Gasteiger partial charge >= 0.3 is 5.97 Å². The number of ether oxygens (including phenoxy) is 1. The van der Waals surface area contributed by atoms with Gasteiger partial charge in [0.2, 0.25) is 0 Å². The molecule has 9 heteroatoms. The Morgan fingerprint density at radius 1 is 0.865 bits per heavy atom. The molecule has 1 amide bonds. The first-order chi connectivity index (χ1) is 17.8. The molecule has 0 saturated carbocycles. The highest BCUT2D eigenvalue weighted by molar-refractivity contribution is 7.91. The molecule has 0 bridgehead atoms. The number of carbonyl (C=O) groups is 2. The van der Waals surface area contributed by atoms with Crippen LogP contribution in [-0.4, -0.2) is 36.1 Å². The van der Waals surface area contributed by atoms with E-state index in [4.69, 9.17) is 4.74 Å². The summed E-state index contributed by atoms with van der Waals surface area (Å²) in [5.41, 5.74) is 1.49. The number of sulfone groups is 1. The van der Waals surface area contributed by atoms with Crippen molar-refractivity contribution in [3.8, 4) is 11.5 Å². The van der Waals surface area contributed by atoms with Crippen LogP contribution in [0, 0.1) is 0 Å². The average molecular weight is 517 g/mol. The normalized spacial score (nSPS) is 11.9. The molecule has 2 N–H and O–H groups in total. The van der Waals surface area contributed by atoms with Crippen LogP contribution in [0.2, 0.25) is 0 Å². The molecule has 0 aliphatic heterocycles. The highest BCUT2D eigenvalue weighted by Crippen LogP contribution is 2.29. The summed E-state index contributed by atoms with van der Waals surface area (Å²) >= 11 is 0. The number of aromatic nitrogens is 1. The third-order valence-electron chi connectivity index (χ3n) is 5.52. The van der Waals surface area contributed by atoms with E-state index in [1.54, 1.807) is 84.9 Å². The Morgan fingerprint density at radius 3 is 2.27 bits per heavy atom. The van der Waals surface area contributed by atoms with Gasteiger partial charge in [-0.05, 0) is 60.2 Å². The number of carboxylic acid groups (broad SMARTS) is 1. The molecule has 1 atom stereocenters. The lowest BCUT2D eigenvalue weighted by Crippen LogP contribution is -2.18. The summed E-state index contributed by atoms with van der Waals surface area (Å²) in [4.78, 5) is 27.7. The lowest BCUT2D eigenvalue weighted by molar-refractivity contribution is -0.137. The maximum atomic E-state index is 13.2. The molecule has 1 unspecified atom stereocenters. The topological polar surface area (TPSA) is 123 Å². The van der Waals surface area contributed by atoms with Crippen LogP contribution < -0.4 is 10.1 Å². The van der Waals surface area contributed by atoms with Crippen molar-refractivity contribution in [3.63, 3.8) is 0 Å². The first-order valence-electron chi connectivity index (χ1n) is 11.4. The Kier molecular flexibility index (Phi) is 7.95. The number of rotatable bonds is 10. The zero-order valence-corrected chi connectivity index (χ0v) is 20.5. The van der Waals surface area contributed by atoms with Gasteiger partial charge in [0.1, 0.15) is 17.2 Å². The van der Waals surface area contributed by atoms with Crippen LogP contribution in [0.3, 0.4) is 0 Å². The van der Waals surface area contributed by atoms with E-state index in [0.717, 1.165) is 0 Å². The van der Waals surface area contributed by atoms with Gasteiger partial charge in [-0.2, -0.15) is 0 Å². The van der Waals surface area contributed by atoms with Crippen molar-refractivity contribution in [1.29, 1.82) is 0 Å². The first-order valence-corrected chi connectivity index (χ1v) is 13.1. The number of nitrogens with one attached hydrogen (secondary N) is 1. The predicted molar refractivity (Wildman–Crippen MR) is 139 cm³/mol. The van der Waals surface area contributed by atoms with Crippen LogP contribution >= 0.6 is 0 Å². The highest BCUT2D eigenvalue weighted by atomic mass is 32.2. The maximum Gasteiger partial charge on any atom is 0.303 e. The lowest BCUT2D eigenvalue weighted by Gasteiger charge is -2.16. The molecular weight excluding hydrogens is 492 g/mol. The predicted octanol–water partition coefficient (Wildman–Crippen LogP) is 5.16. The summed E-state index contributed by atoms with van der Waals surface area (Å²) in [5, 5.41) is 12.1. The van der Waals surface area contributed by atoms with Gasteiger partial charge in [0.25, 0.3) is 5.91 Å². The zero-order chi connectivity index (χ0) is 26.3. The van der Waals surface area contributed by atoms with Crippen molar-refractivity contribution in [2.45, 2.75) is 17.2 Å². The van der Waals surface area contributed by atoms with E-state index in [1.165, 1.54) is 18.3 Å². The largest absolute Gasteiger partial charge is 0.481 e. The van der Waals surface area contributed by atoms with Crippen LogP contribution in [0.25, 0.3) is 0 Å². The van der Waals surface area contributed by atoms with Crippen LogP contribution in [0.15, 0.2) is 108 Å². The first kappa shape index (κ1) is 25.6. The molecule has 0 saturated heterocycles. The third-order valence-corrected chi connectivity index (χ3v) is 7.34. The summed E-state index contributed by atoms with van der Waals surface area (Å²) in [7, 11) is -3.81. The van der Waals surface area contributed by atoms with Crippen molar-refractivity contribution in [2.75, 3.05) is 11.1 Å². The molecule has 37 heavy (non-hydrogen) atoms. The van der Waals surface area contributed by atoms with E-state index in [9.17, 15) is 23.1 Å². The summed E-state index contributed by atoms with van der Waals surface area (Å²) in [6.07, 6.45) is 1.23. The Morgan fingerprint density at radius 2 is 1.59 bits per heavy atom. The molecule has 188 valence electrons.